The molecule has 224 valence electrons. The minimum Gasteiger partial charge on any atom is -0.493 e. The van der Waals surface area contributed by atoms with Crippen LogP contribution in [0.5, 0.6) is 5.75 Å². The number of carbonyl (C=O) groups excluding carboxylic acids is 2. The van der Waals surface area contributed by atoms with Crippen LogP contribution in [-0.2, 0) is 9.53 Å². The molecule has 0 spiro atoms. The molecule has 1 aliphatic rings. The summed E-state index contributed by atoms with van der Waals surface area (Å²) in [6.45, 7) is 6.83. The van der Waals surface area contributed by atoms with Gasteiger partial charge in [0.25, 0.3) is 0 Å². The summed E-state index contributed by atoms with van der Waals surface area (Å²) in [6, 6.07) is 25.8. The summed E-state index contributed by atoms with van der Waals surface area (Å²) >= 11 is 1.34. The molecule has 0 aliphatic heterocycles. The summed E-state index contributed by atoms with van der Waals surface area (Å²) < 4.78 is 13.2. The number of hydrogen-bond acceptors (Lipinski definition) is 6. The molecule has 1 fully saturated rings. The highest BCUT2D eigenvalue weighted by Crippen LogP contribution is 2.51. The zero-order chi connectivity index (χ0) is 30.6. The molecular weight excluding hydrogens is 570 g/mol. The number of carbonyl (C=O) groups is 2. The molecule has 1 saturated carbocycles. The van der Waals surface area contributed by atoms with Crippen molar-refractivity contribution in [2.45, 2.75) is 39.5 Å². The number of amides is 1. The van der Waals surface area contributed by atoms with E-state index in [-0.39, 0.29) is 24.3 Å². The number of nitrogens with one attached hydrogen (secondary N) is 1. The van der Waals surface area contributed by atoms with Gasteiger partial charge in [-0.2, -0.15) is 5.10 Å². The summed E-state index contributed by atoms with van der Waals surface area (Å²) in [4.78, 5) is 26.7. The van der Waals surface area contributed by atoms with Gasteiger partial charge in [0, 0.05) is 40.1 Å². The molecule has 5 aromatic rings. The van der Waals surface area contributed by atoms with Gasteiger partial charge in [0.1, 0.15) is 16.3 Å². The largest absolute Gasteiger partial charge is 0.493 e. The molecule has 1 amide bonds. The third-order valence-electron chi connectivity index (χ3n) is 7.79. The van der Waals surface area contributed by atoms with E-state index in [9.17, 15) is 9.59 Å². The van der Waals surface area contributed by atoms with Crippen LogP contribution in [0, 0.1) is 12.8 Å². The lowest BCUT2D eigenvalue weighted by Gasteiger charge is -2.10. The first kappa shape index (κ1) is 29.4. The van der Waals surface area contributed by atoms with Crippen molar-refractivity contribution in [3.8, 4) is 33.8 Å². The van der Waals surface area contributed by atoms with Crippen molar-refractivity contribution >= 4 is 28.2 Å². The van der Waals surface area contributed by atoms with E-state index in [4.69, 9.17) is 14.6 Å². The number of aryl methyl sites for hydroxylation is 1. The highest BCUT2D eigenvalue weighted by Gasteiger charge is 2.46. The number of benzene rings is 3. The lowest BCUT2D eigenvalue weighted by Crippen LogP contribution is -2.16. The molecule has 1 aliphatic carbocycles. The third-order valence-corrected chi connectivity index (χ3v) is 8.69. The summed E-state index contributed by atoms with van der Waals surface area (Å²) in [7, 11) is 0. The molecule has 7 nitrogen and oxygen atoms in total. The van der Waals surface area contributed by atoms with E-state index in [1.807, 2.05) is 96.0 Å². The molecule has 0 radical (unpaired) electrons. The van der Waals surface area contributed by atoms with Crippen molar-refractivity contribution in [3.05, 3.63) is 107 Å². The number of hydrogen-bond donors (Lipinski definition) is 1. The molecule has 2 heterocycles. The zero-order valence-electron chi connectivity index (χ0n) is 25.1. The maximum absolute atomic E-state index is 13.7. The Morgan fingerprint density at radius 3 is 2.45 bits per heavy atom. The van der Waals surface area contributed by atoms with E-state index < -0.39 is 5.97 Å². The van der Waals surface area contributed by atoms with Gasteiger partial charge in [0.05, 0.1) is 24.6 Å². The van der Waals surface area contributed by atoms with Crippen molar-refractivity contribution in [1.82, 2.24) is 9.78 Å². The van der Waals surface area contributed by atoms with Crippen molar-refractivity contribution in [2.75, 3.05) is 18.5 Å². The van der Waals surface area contributed by atoms with E-state index in [0.717, 1.165) is 51.4 Å². The first-order valence-electron chi connectivity index (χ1n) is 15.0. The summed E-state index contributed by atoms with van der Waals surface area (Å²) in [5, 5.41) is 10.5. The van der Waals surface area contributed by atoms with Gasteiger partial charge in [0.15, 0.2) is 0 Å². The van der Waals surface area contributed by atoms with Gasteiger partial charge in [-0.3, -0.25) is 4.79 Å². The second-order valence-electron chi connectivity index (χ2n) is 10.9. The fourth-order valence-corrected chi connectivity index (χ4v) is 6.45. The van der Waals surface area contributed by atoms with Crippen LogP contribution in [0.15, 0.2) is 90.4 Å². The Morgan fingerprint density at radius 2 is 1.75 bits per heavy atom. The molecule has 2 unspecified atom stereocenters. The number of esters is 1. The summed E-state index contributed by atoms with van der Waals surface area (Å²) in [6.07, 6.45) is 3.68. The fourth-order valence-electron chi connectivity index (χ4n) is 5.49. The van der Waals surface area contributed by atoms with E-state index in [1.165, 1.54) is 11.3 Å². The van der Waals surface area contributed by atoms with Crippen LogP contribution in [0.3, 0.4) is 0 Å². The first-order chi connectivity index (χ1) is 21.5. The number of anilines is 1. The van der Waals surface area contributed by atoms with Crippen LogP contribution in [0.25, 0.3) is 28.1 Å². The molecular formula is C36H35N3O4S. The Morgan fingerprint density at radius 1 is 1.00 bits per heavy atom. The Bertz CT molecular complexity index is 1780. The third kappa shape index (κ3) is 6.03. The topological polar surface area (TPSA) is 82.5 Å². The normalized spacial score (nSPS) is 15.5. The lowest BCUT2D eigenvalue weighted by atomic mass is 10.0. The Hall–Kier alpha value is -4.69. The van der Waals surface area contributed by atoms with Gasteiger partial charge in [-0.15, -0.1) is 11.3 Å². The number of nitrogens with zero attached hydrogens (tertiary/aromatic N) is 2. The zero-order valence-corrected chi connectivity index (χ0v) is 25.9. The number of rotatable bonds is 11. The lowest BCUT2D eigenvalue weighted by molar-refractivity contribution is -0.117. The number of ether oxygens (including phenoxy) is 2. The Labute approximate surface area is 261 Å². The first-order valence-corrected chi connectivity index (χ1v) is 15.9. The summed E-state index contributed by atoms with van der Waals surface area (Å²) in [5.41, 5.74) is 6.91. The van der Waals surface area contributed by atoms with Crippen molar-refractivity contribution in [1.29, 1.82) is 0 Å². The van der Waals surface area contributed by atoms with Gasteiger partial charge in [-0.1, -0.05) is 55.5 Å². The van der Waals surface area contributed by atoms with E-state index in [0.29, 0.717) is 23.6 Å². The highest BCUT2D eigenvalue weighted by molar-refractivity contribution is 7.15. The second kappa shape index (κ2) is 12.9. The van der Waals surface area contributed by atoms with Gasteiger partial charge >= 0.3 is 5.97 Å². The quantitative estimate of drug-likeness (QED) is 0.153. The standard InChI is InChI=1S/C36H35N3O4S/c1-4-18-43-31-17-16-25(19-23(31)3)33-29(21-39(38-33)26-14-10-7-11-15-26)27-20-28(27)34(40)37-35-32(36(41)42-5-2)30(22-44-35)24-12-8-6-9-13-24/h6-17,19,21-22,27-28H,4-5,18,20H2,1-3H3,(H,37,40). The molecule has 1 N–H and O–H groups in total. The highest BCUT2D eigenvalue weighted by atomic mass is 32.1. The van der Waals surface area contributed by atoms with Crippen LogP contribution in [-0.4, -0.2) is 34.9 Å². The van der Waals surface area contributed by atoms with E-state index >= 15 is 0 Å². The predicted octanol–water partition coefficient (Wildman–Crippen LogP) is 8.28. The maximum atomic E-state index is 13.7. The van der Waals surface area contributed by atoms with E-state index in [2.05, 4.69) is 18.3 Å². The predicted molar refractivity (Wildman–Crippen MR) is 175 cm³/mol. The average Bonchev–Trinajstić information content (AvgIpc) is 3.54. The van der Waals surface area contributed by atoms with Crippen LogP contribution in [0.1, 0.15) is 54.1 Å². The minimum atomic E-state index is -0.441. The maximum Gasteiger partial charge on any atom is 0.341 e. The number of para-hydroxylation sites is 1. The SMILES string of the molecule is CCCOc1ccc(-c2nn(-c3ccccc3)cc2C2CC2C(=O)Nc2scc(-c3ccccc3)c2C(=O)OCC)cc1C. The number of thiophene rings is 1. The van der Waals surface area contributed by atoms with Crippen LogP contribution in [0.2, 0.25) is 0 Å². The van der Waals surface area contributed by atoms with Crippen LogP contribution < -0.4 is 10.1 Å². The fraction of sp³-hybridized carbons (Fsp3) is 0.250. The Balaban J connectivity index is 1.29. The van der Waals surface area contributed by atoms with Gasteiger partial charge < -0.3 is 14.8 Å². The van der Waals surface area contributed by atoms with E-state index in [1.54, 1.807) is 6.92 Å². The molecule has 8 heteroatoms. The van der Waals surface area contributed by atoms with Crippen LogP contribution >= 0.6 is 11.3 Å². The van der Waals surface area contributed by atoms with Crippen molar-refractivity contribution < 1.29 is 19.1 Å². The minimum absolute atomic E-state index is 0.00149. The molecule has 6 rings (SSSR count). The summed E-state index contributed by atoms with van der Waals surface area (Å²) in [5.74, 6) is 0.0704. The molecule has 44 heavy (non-hydrogen) atoms. The number of aromatic nitrogens is 2. The van der Waals surface area contributed by atoms with Crippen molar-refractivity contribution in [2.24, 2.45) is 5.92 Å². The molecule has 0 saturated heterocycles. The van der Waals surface area contributed by atoms with Gasteiger partial charge in [-0.25, -0.2) is 9.48 Å². The molecule has 3 aromatic carbocycles. The Kier molecular flexibility index (Phi) is 8.61. The smallest absolute Gasteiger partial charge is 0.341 e. The van der Waals surface area contributed by atoms with Crippen molar-refractivity contribution in [3.63, 3.8) is 0 Å². The average molecular weight is 606 g/mol. The molecule has 2 aromatic heterocycles. The second-order valence-corrected chi connectivity index (χ2v) is 11.8. The monoisotopic (exact) mass is 605 g/mol. The van der Waals surface area contributed by atoms with Gasteiger partial charge in [0.2, 0.25) is 5.91 Å². The van der Waals surface area contributed by atoms with Crippen LogP contribution in [0.4, 0.5) is 5.00 Å². The molecule has 2 atom stereocenters. The van der Waals surface area contributed by atoms with Gasteiger partial charge in [-0.05, 0) is 68.1 Å². The molecule has 0 bridgehead atoms.